The van der Waals surface area contributed by atoms with Crippen LogP contribution in [0, 0.1) is 12.7 Å². The first-order chi connectivity index (χ1) is 20.5. The predicted molar refractivity (Wildman–Crippen MR) is 160 cm³/mol. The molecule has 1 aliphatic heterocycles. The quantitative estimate of drug-likeness (QED) is 0.261. The molecule has 0 aliphatic carbocycles. The summed E-state index contributed by atoms with van der Waals surface area (Å²) in [6.45, 7) is 5.00. The van der Waals surface area contributed by atoms with Crippen molar-refractivity contribution in [2.45, 2.75) is 26.4 Å². The summed E-state index contributed by atoms with van der Waals surface area (Å²) >= 11 is 0. The second-order valence-electron chi connectivity index (χ2n) is 10.5. The summed E-state index contributed by atoms with van der Waals surface area (Å²) in [4.78, 5) is 27.2. The number of carbonyl (C=O) groups excluding carboxylic acids is 1. The second-order valence-corrected chi connectivity index (χ2v) is 10.5. The molecule has 9 heteroatoms. The molecule has 3 aromatic carbocycles. The molecular weight excluding hydrogens is 531 g/mol. The Morgan fingerprint density at radius 1 is 0.857 bits per heavy atom. The molecule has 5 aromatic rings. The predicted octanol–water partition coefficient (Wildman–Crippen LogP) is 5.11. The van der Waals surface area contributed by atoms with Gasteiger partial charge in [0.05, 0.1) is 23.4 Å². The third-order valence-electron chi connectivity index (χ3n) is 7.49. The Hall–Kier alpha value is -4.63. The third-order valence-corrected chi connectivity index (χ3v) is 7.49. The van der Waals surface area contributed by atoms with Gasteiger partial charge in [-0.15, -0.1) is 0 Å². The van der Waals surface area contributed by atoms with Crippen molar-refractivity contribution in [3.05, 3.63) is 113 Å². The average Bonchev–Trinajstić information content (AvgIpc) is 3.17. The van der Waals surface area contributed by atoms with Crippen LogP contribution in [-0.4, -0.2) is 63.3 Å². The lowest BCUT2D eigenvalue weighted by Gasteiger charge is -2.24. The van der Waals surface area contributed by atoms with E-state index in [0.717, 1.165) is 46.7 Å². The normalized spacial score (nSPS) is 13.9. The number of amides is 1. The molecule has 2 aromatic heterocycles. The van der Waals surface area contributed by atoms with E-state index in [2.05, 4.69) is 17.0 Å². The van der Waals surface area contributed by atoms with Gasteiger partial charge >= 0.3 is 0 Å². The molecule has 0 N–H and O–H groups in total. The molecule has 0 unspecified atom stereocenters. The highest BCUT2D eigenvalue weighted by Gasteiger charge is 2.25. The first-order valence-corrected chi connectivity index (χ1v) is 14.3. The van der Waals surface area contributed by atoms with Crippen molar-refractivity contribution < 1.29 is 13.9 Å². The molecule has 1 saturated heterocycles. The van der Waals surface area contributed by atoms with Crippen molar-refractivity contribution in [3.63, 3.8) is 0 Å². The molecule has 214 valence electrons. The number of hydrogen-bond donors (Lipinski definition) is 0. The van der Waals surface area contributed by atoms with E-state index in [1.165, 1.54) is 12.1 Å². The van der Waals surface area contributed by atoms with Crippen LogP contribution in [0.15, 0.2) is 84.9 Å². The van der Waals surface area contributed by atoms with Crippen LogP contribution in [0.4, 0.5) is 10.2 Å². The molecule has 1 amide bonds. The highest BCUT2D eigenvalue weighted by atomic mass is 19.1. The van der Waals surface area contributed by atoms with Crippen LogP contribution < -0.4 is 4.90 Å². The number of hydrogen-bond acceptors (Lipinski definition) is 6. The second kappa shape index (κ2) is 12.5. The molecule has 42 heavy (non-hydrogen) atoms. The Morgan fingerprint density at radius 3 is 2.31 bits per heavy atom. The van der Waals surface area contributed by atoms with E-state index in [1.54, 1.807) is 16.8 Å². The number of ether oxygens (including phenoxy) is 1. The molecule has 0 radical (unpaired) electrons. The Bertz CT molecular complexity index is 1660. The number of anilines is 1. The minimum absolute atomic E-state index is 0.00862. The maximum absolute atomic E-state index is 13.7. The van der Waals surface area contributed by atoms with Gasteiger partial charge in [0.15, 0.2) is 5.65 Å². The van der Waals surface area contributed by atoms with E-state index in [9.17, 15) is 9.18 Å². The van der Waals surface area contributed by atoms with E-state index >= 15 is 0 Å². The number of nitrogens with zero attached hydrogens (tertiary/aromatic N) is 6. The van der Waals surface area contributed by atoms with Crippen molar-refractivity contribution in [3.8, 4) is 5.69 Å². The molecule has 0 atom stereocenters. The van der Waals surface area contributed by atoms with Gasteiger partial charge in [-0.25, -0.2) is 19.0 Å². The summed E-state index contributed by atoms with van der Waals surface area (Å²) in [6, 6.07) is 26.2. The minimum Gasteiger partial charge on any atom is -0.367 e. The Morgan fingerprint density at radius 2 is 1.57 bits per heavy atom. The topological polar surface area (TPSA) is 76.4 Å². The summed E-state index contributed by atoms with van der Waals surface area (Å²) in [5.41, 5.74) is 4.36. The van der Waals surface area contributed by atoms with Crippen LogP contribution in [0.3, 0.4) is 0 Å². The highest BCUT2D eigenvalue weighted by Crippen LogP contribution is 2.30. The number of carbonyl (C=O) groups is 1. The van der Waals surface area contributed by atoms with Crippen molar-refractivity contribution in [1.82, 2.24) is 24.6 Å². The third kappa shape index (κ3) is 6.16. The molecule has 0 saturated carbocycles. The van der Waals surface area contributed by atoms with E-state index in [4.69, 9.17) is 19.8 Å². The van der Waals surface area contributed by atoms with Gasteiger partial charge in [-0.3, -0.25) is 4.79 Å². The Kier molecular flexibility index (Phi) is 8.18. The smallest absolute Gasteiger partial charge is 0.248 e. The van der Waals surface area contributed by atoms with Gasteiger partial charge in [0.2, 0.25) is 5.91 Å². The molecule has 0 bridgehead atoms. The molecule has 8 nitrogen and oxygen atoms in total. The zero-order valence-corrected chi connectivity index (χ0v) is 23.6. The number of aryl methyl sites for hydroxylation is 1. The van der Waals surface area contributed by atoms with Gasteiger partial charge in [-0.2, -0.15) is 5.10 Å². The number of aromatic nitrogens is 4. The largest absolute Gasteiger partial charge is 0.367 e. The molecule has 3 heterocycles. The van der Waals surface area contributed by atoms with Gasteiger partial charge in [-0.1, -0.05) is 60.7 Å². The maximum atomic E-state index is 13.7. The van der Waals surface area contributed by atoms with Gasteiger partial charge in [0, 0.05) is 32.6 Å². The van der Waals surface area contributed by atoms with Gasteiger partial charge in [0.25, 0.3) is 0 Å². The van der Waals surface area contributed by atoms with Crippen LogP contribution in [0.25, 0.3) is 16.7 Å². The van der Waals surface area contributed by atoms with Gasteiger partial charge in [0.1, 0.15) is 24.1 Å². The minimum atomic E-state index is -0.304. The summed E-state index contributed by atoms with van der Waals surface area (Å²) in [7, 11) is 0. The zero-order valence-electron chi connectivity index (χ0n) is 23.6. The van der Waals surface area contributed by atoms with E-state index in [0.29, 0.717) is 44.1 Å². The van der Waals surface area contributed by atoms with Crippen molar-refractivity contribution >= 4 is 22.8 Å². The fourth-order valence-corrected chi connectivity index (χ4v) is 5.35. The van der Waals surface area contributed by atoms with E-state index < -0.39 is 0 Å². The van der Waals surface area contributed by atoms with E-state index in [-0.39, 0.29) is 18.3 Å². The Labute approximate surface area is 244 Å². The highest BCUT2D eigenvalue weighted by molar-refractivity contribution is 5.91. The zero-order chi connectivity index (χ0) is 28.9. The monoisotopic (exact) mass is 564 g/mol. The van der Waals surface area contributed by atoms with Crippen LogP contribution in [0.5, 0.6) is 0 Å². The van der Waals surface area contributed by atoms with Crippen LogP contribution in [0.1, 0.15) is 29.1 Å². The van der Waals surface area contributed by atoms with Crippen molar-refractivity contribution in [2.24, 2.45) is 0 Å². The van der Waals surface area contributed by atoms with Crippen molar-refractivity contribution in [2.75, 3.05) is 37.7 Å². The van der Waals surface area contributed by atoms with Crippen LogP contribution in [-0.2, 0) is 22.6 Å². The fraction of sp³-hybridized carbons (Fsp3) is 0.273. The lowest BCUT2D eigenvalue weighted by atomic mass is 10.1. The molecule has 6 rings (SSSR count). The average molecular weight is 565 g/mol. The first-order valence-electron chi connectivity index (χ1n) is 14.3. The Balaban J connectivity index is 1.26. The van der Waals surface area contributed by atoms with Crippen molar-refractivity contribution in [1.29, 1.82) is 0 Å². The molecule has 0 spiro atoms. The lowest BCUT2D eigenvalue weighted by Crippen LogP contribution is -2.37. The number of rotatable bonds is 8. The van der Waals surface area contributed by atoms with Gasteiger partial charge in [-0.05, 0) is 48.7 Å². The number of halogens is 1. The fourth-order valence-electron chi connectivity index (χ4n) is 5.35. The summed E-state index contributed by atoms with van der Waals surface area (Å²) in [6.07, 6.45) is 1.36. The summed E-state index contributed by atoms with van der Waals surface area (Å²) < 4.78 is 21.2. The van der Waals surface area contributed by atoms with Crippen LogP contribution >= 0.6 is 0 Å². The van der Waals surface area contributed by atoms with Crippen LogP contribution in [0.2, 0.25) is 0 Å². The molecule has 1 aliphatic rings. The first kappa shape index (κ1) is 27.5. The number of benzene rings is 3. The SMILES string of the molecule is Cc1nn(-c2ccc(F)cc2)c2nc(Cc3ccccc3)nc(N3CCCN(C(=O)COCc4ccccc4)CC3)c12. The molecular formula is C33H33FN6O2. The lowest BCUT2D eigenvalue weighted by molar-refractivity contribution is -0.136. The van der Waals surface area contributed by atoms with Gasteiger partial charge < -0.3 is 14.5 Å². The van der Waals surface area contributed by atoms with E-state index in [1.807, 2.05) is 60.4 Å². The summed E-state index contributed by atoms with van der Waals surface area (Å²) in [5, 5.41) is 5.67. The maximum Gasteiger partial charge on any atom is 0.248 e. The molecule has 1 fully saturated rings. The summed E-state index contributed by atoms with van der Waals surface area (Å²) in [5.74, 6) is 1.18. The standard InChI is InChI=1S/C33H33FN6O2/c1-24-31-32(39-18-8-17-38(19-20-39)30(41)23-42-22-26-11-6-3-7-12-26)35-29(21-25-9-4-2-5-10-25)36-33(31)40(37-24)28-15-13-27(34)14-16-28/h2-7,9-16H,8,17-23H2,1H3. The number of fused-ring (bicyclic) bond motifs is 1.